The first-order chi connectivity index (χ1) is 14.4. The second-order valence-electron chi connectivity index (χ2n) is 9.09. The Morgan fingerprint density at radius 2 is 1.80 bits per heavy atom. The molecule has 1 saturated heterocycles. The van der Waals surface area contributed by atoms with Crippen LogP contribution in [0.25, 0.3) is 11.0 Å². The lowest BCUT2D eigenvalue weighted by atomic mass is 10.1. The maximum Gasteiger partial charge on any atom is 0.243 e. The van der Waals surface area contributed by atoms with Crippen molar-refractivity contribution in [2.45, 2.75) is 95.8 Å². The third kappa shape index (κ3) is 4.16. The van der Waals surface area contributed by atoms with E-state index in [0.29, 0.717) is 30.1 Å². The zero-order chi connectivity index (χ0) is 21.3. The minimum atomic E-state index is -3.44. The maximum absolute atomic E-state index is 13.1. The van der Waals surface area contributed by atoms with Crippen LogP contribution in [0.2, 0.25) is 0 Å². The third-order valence-corrected chi connectivity index (χ3v) is 8.74. The molecule has 0 bridgehead atoms. The quantitative estimate of drug-likeness (QED) is 0.651. The van der Waals surface area contributed by atoms with E-state index in [9.17, 15) is 8.42 Å². The van der Waals surface area contributed by atoms with Crippen molar-refractivity contribution in [2.24, 2.45) is 0 Å². The van der Waals surface area contributed by atoms with Crippen molar-refractivity contribution in [3.05, 3.63) is 24.0 Å². The summed E-state index contributed by atoms with van der Waals surface area (Å²) in [6, 6.07) is 6.59. The lowest BCUT2D eigenvalue weighted by Gasteiger charge is -2.32. The summed E-state index contributed by atoms with van der Waals surface area (Å²) in [6.45, 7) is 9.57. The van der Waals surface area contributed by atoms with E-state index < -0.39 is 10.0 Å². The van der Waals surface area contributed by atoms with Gasteiger partial charge in [-0.2, -0.15) is 4.31 Å². The Bertz CT molecular complexity index is 970. The summed E-state index contributed by atoms with van der Waals surface area (Å²) in [5.74, 6) is 1.04. The molecule has 30 heavy (non-hydrogen) atoms. The van der Waals surface area contributed by atoms with Crippen LogP contribution in [-0.2, 0) is 23.1 Å². The first-order valence-corrected chi connectivity index (χ1v) is 13.1. The number of aromatic nitrogens is 2. The van der Waals surface area contributed by atoms with Crippen LogP contribution in [0.1, 0.15) is 71.5 Å². The van der Waals surface area contributed by atoms with Gasteiger partial charge in [0.05, 0.1) is 22.5 Å². The van der Waals surface area contributed by atoms with Gasteiger partial charge in [-0.3, -0.25) is 4.90 Å². The molecule has 0 N–H and O–H groups in total. The molecule has 0 atom stereocenters. The molecule has 7 heteroatoms. The van der Waals surface area contributed by atoms with E-state index in [4.69, 9.17) is 4.98 Å². The number of benzene rings is 1. The number of rotatable bonds is 7. The van der Waals surface area contributed by atoms with Crippen molar-refractivity contribution in [1.29, 1.82) is 0 Å². The standard InChI is InChI=1S/C23H36N4O2S/c1-4-26-22-13-12-20(30(28,29)25-14-8-5-9-15-25)16-21(22)24-23(26)17-27(18(2)3)19-10-6-7-11-19/h12-13,16,18-19H,4-11,14-15,17H2,1-3H3. The largest absolute Gasteiger partial charge is 0.327 e. The summed E-state index contributed by atoms with van der Waals surface area (Å²) in [6.07, 6.45) is 8.17. The van der Waals surface area contributed by atoms with Gasteiger partial charge in [0.1, 0.15) is 5.82 Å². The molecular formula is C23H36N4O2S. The Morgan fingerprint density at radius 3 is 2.43 bits per heavy atom. The summed E-state index contributed by atoms with van der Waals surface area (Å²) in [5, 5.41) is 0. The molecule has 1 aliphatic heterocycles. The van der Waals surface area contributed by atoms with E-state index in [-0.39, 0.29) is 0 Å². The highest BCUT2D eigenvalue weighted by atomic mass is 32.2. The van der Waals surface area contributed by atoms with Crippen molar-refractivity contribution in [2.75, 3.05) is 13.1 Å². The highest BCUT2D eigenvalue weighted by molar-refractivity contribution is 7.89. The number of piperidine rings is 1. The second kappa shape index (κ2) is 8.97. The molecule has 0 amide bonds. The maximum atomic E-state index is 13.1. The van der Waals surface area contributed by atoms with Crippen molar-refractivity contribution in [1.82, 2.24) is 18.8 Å². The highest BCUT2D eigenvalue weighted by Gasteiger charge is 2.28. The minimum Gasteiger partial charge on any atom is -0.327 e. The van der Waals surface area contributed by atoms with E-state index in [1.165, 1.54) is 25.7 Å². The number of nitrogens with zero attached hydrogens (tertiary/aromatic N) is 4. The predicted octanol–water partition coefficient (Wildman–Crippen LogP) is 4.38. The summed E-state index contributed by atoms with van der Waals surface area (Å²) >= 11 is 0. The molecule has 2 aromatic rings. The minimum absolute atomic E-state index is 0.376. The lowest BCUT2D eigenvalue weighted by molar-refractivity contribution is 0.140. The van der Waals surface area contributed by atoms with Crippen molar-refractivity contribution < 1.29 is 8.42 Å². The van der Waals surface area contributed by atoms with E-state index in [1.54, 1.807) is 16.4 Å². The SMILES string of the molecule is CCn1c(CN(C(C)C)C2CCCC2)nc2cc(S(=O)(=O)N3CCCCC3)ccc21. The number of fused-ring (bicyclic) bond motifs is 1. The summed E-state index contributed by atoms with van der Waals surface area (Å²) < 4.78 is 30.1. The van der Waals surface area contributed by atoms with Crippen LogP contribution in [0.5, 0.6) is 0 Å². The zero-order valence-corrected chi connectivity index (χ0v) is 19.5. The molecule has 166 valence electrons. The first-order valence-electron chi connectivity index (χ1n) is 11.7. The van der Waals surface area contributed by atoms with E-state index in [0.717, 1.165) is 49.2 Å². The smallest absolute Gasteiger partial charge is 0.243 e. The molecule has 1 aromatic heterocycles. The Kier molecular flexibility index (Phi) is 6.51. The molecule has 1 aromatic carbocycles. The van der Waals surface area contributed by atoms with Gasteiger partial charge in [-0.05, 0) is 64.7 Å². The molecular weight excluding hydrogens is 396 g/mol. The van der Waals surface area contributed by atoms with E-state index >= 15 is 0 Å². The topological polar surface area (TPSA) is 58.4 Å². The number of hydrogen-bond donors (Lipinski definition) is 0. The number of imidazole rings is 1. The van der Waals surface area contributed by atoms with Crippen LogP contribution in [0, 0.1) is 0 Å². The van der Waals surface area contributed by atoms with Gasteiger partial charge < -0.3 is 4.57 Å². The van der Waals surface area contributed by atoms with Crippen LogP contribution in [0.3, 0.4) is 0 Å². The van der Waals surface area contributed by atoms with Gasteiger partial charge in [0, 0.05) is 31.7 Å². The Hall–Kier alpha value is -1.44. The van der Waals surface area contributed by atoms with Gasteiger partial charge in [-0.25, -0.2) is 13.4 Å². The van der Waals surface area contributed by atoms with E-state index in [2.05, 4.69) is 30.2 Å². The predicted molar refractivity (Wildman–Crippen MR) is 121 cm³/mol. The van der Waals surface area contributed by atoms with Crippen molar-refractivity contribution in [3.8, 4) is 0 Å². The molecule has 1 aliphatic carbocycles. The molecule has 0 radical (unpaired) electrons. The van der Waals surface area contributed by atoms with Crippen LogP contribution in [-0.4, -0.2) is 52.3 Å². The summed E-state index contributed by atoms with van der Waals surface area (Å²) in [5.41, 5.74) is 1.82. The molecule has 1 saturated carbocycles. The monoisotopic (exact) mass is 432 g/mol. The Morgan fingerprint density at radius 1 is 1.10 bits per heavy atom. The molecule has 2 heterocycles. The van der Waals surface area contributed by atoms with Gasteiger partial charge in [-0.1, -0.05) is 19.3 Å². The average Bonchev–Trinajstić information content (AvgIpc) is 3.39. The molecule has 0 spiro atoms. The average molecular weight is 433 g/mol. The molecule has 4 rings (SSSR count). The zero-order valence-electron chi connectivity index (χ0n) is 18.7. The fourth-order valence-corrected chi connectivity index (χ4v) is 6.72. The van der Waals surface area contributed by atoms with Gasteiger partial charge in [0.15, 0.2) is 0 Å². The lowest BCUT2D eigenvalue weighted by Crippen LogP contribution is -2.39. The fourth-order valence-electron chi connectivity index (χ4n) is 5.18. The summed E-state index contributed by atoms with van der Waals surface area (Å²) in [4.78, 5) is 7.89. The van der Waals surface area contributed by atoms with Gasteiger partial charge >= 0.3 is 0 Å². The van der Waals surface area contributed by atoms with E-state index in [1.807, 2.05) is 6.07 Å². The first kappa shape index (κ1) is 21.8. The molecule has 2 aliphatic rings. The van der Waals surface area contributed by atoms with Crippen molar-refractivity contribution in [3.63, 3.8) is 0 Å². The van der Waals surface area contributed by atoms with Gasteiger partial charge in [0.25, 0.3) is 0 Å². The number of sulfonamides is 1. The number of hydrogen-bond acceptors (Lipinski definition) is 4. The third-order valence-electron chi connectivity index (χ3n) is 6.85. The Labute approximate surface area is 181 Å². The molecule has 6 nitrogen and oxygen atoms in total. The fraction of sp³-hybridized carbons (Fsp3) is 0.696. The van der Waals surface area contributed by atoms with Gasteiger partial charge in [0.2, 0.25) is 10.0 Å². The number of aryl methyl sites for hydroxylation is 1. The highest BCUT2D eigenvalue weighted by Crippen LogP contribution is 2.29. The van der Waals surface area contributed by atoms with Crippen LogP contribution in [0.15, 0.2) is 23.1 Å². The Balaban J connectivity index is 1.66. The van der Waals surface area contributed by atoms with Crippen molar-refractivity contribution >= 4 is 21.1 Å². The summed E-state index contributed by atoms with van der Waals surface area (Å²) in [7, 11) is -3.44. The van der Waals surface area contributed by atoms with Crippen LogP contribution < -0.4 is 0 Å². The van der Waals surface area contributed by atoms with Crippen LogP contribution in [0.4, 0.5) is 0 Å². The normalized spacial score (nSPS) is 19.5. The van der Waals surface area contributed by atoms with Crippen LogP contribution >= 0.6 is 0 Å². The molecule has 2 fully saturated rings. The second-order valence-corrected chi connectivity index (χ2v) is 11.0. The molecule has 0 unspecified atom stereocenters. The van der Waals surface area contributed by atoms with Gasteiger partial charge in [-0.15, -0.1) is 0 Å².